The third kappa shape index (κ3) is 2.18. The Hall–Kier alpha value is -2.30. The zero-order chi connectivity index (χ0) is 14.2. The smallest absolute Gasteiger partial charge is 0.153 e. The lowest BCUT2D eigenvalue weighted by Gasteiger charge is -2.08. The van der Waals surface area contributed by atoms with Crippen LogP contribution in [0.1, 0.15) is 37.4 Å². The number of fused-ring (bicyclic) bond motifs is 1. The van der Waals surface area contributed by atoms with Gasteiger partial charge in [-0.05, 0) is 31.0 Å². The Morgan fingerprint density at radius 3 is 2.76 bits per heavy atom. The first-order valence-corrected chi connectivity index (χ1v) is 7.56. The van der Waals surface area contributed by atoms with Crippen molar-refractivity contribution in [3.63, 3.8) is 0 Å². The van der Waals surface area contributed by atoms with Crippen LogP contribution in [0.25, 0.3) is 10.9 Å². The molecule has 2 heterocycles. The molecule has 2 N–H and O–H groups in total. The van der Waals surface area contributed by atoms with E-state index in [-0.39, 0.29) is 0 Å². The molecule has 0 atom stereocenters. The third-order valence-corrected chi connectivity index (χ3v) is 4.36. The fraction of sp³-hybridized carbons (Fsp3) is 0.375. The summed E-state index contributed by atoms with van der Waals surface area (Å²) >= 11 is 0. The van der Waals surface area contributed by atoms with Crippen molar-refractivity contribution >= 4 is 16.7 Å². The average molecular weight is 281 g/mol. The van der Waals surface area contributed by atoms with Gasteiger partial charge in [-0.15, -0.1) is 0 Å². The number of hydrogen-bond donors (Lipinski definition) is 1. The van der Waals surface area contributed by atoms with Crippen LogP contribution in [-0.4, -0.2) is 19.6 Å². The van der Waals surface area contributed by atoms with Crippen LogP contribution in [0.15, 0.2) is 36.5 Å². The van der Waals surface area contributed by atoms with E-state index in [1.807, 2.05) is 28.9 Å². The van der Waals surface area contributed by atoms with Crippen LogP contribution >= 0.6 is 0 Å². The minimum Gasteiger partial charge on any atom is -0.382 e. The first-order chi connectivity index (χ1) is 10.3. The maximum absolute atomic E-state index is 5.98. The number of para-hydroxylation sites is 1. The minimum absolute atomic E-state index is 0.582. The van der Waals surface area contributed by atoms with E-state index in [0.29, 0.717) is 18.4 Å². The lowest BCUT2D eigenvalue weighted by molar-refractivity contribution is 0.461. The van der Waals surface area contributed by atoms with Gasteiger partial charge in [-0.25, -0.2) is 0 Å². The molecule has 0 aliphatic heterocycles. The zero-order valence-electron chi connectivity index (χ0n) is 11.9. The van der Waals surface area contributed by atoms with Crippen molar-refractivity contribution in [3.8, 4) is 0 Å². The van der Waals surface area contributed by atoms with E-state index in [9.17, 15) is 0 Å². The fourth-order valence-corrected chi connectivity index (χ4v) is 3.26. The Morgan fingerprint density at radius 1 is 1.10 bits per heavy atom. The minimum atomic E-state index is 0.582. The van der Waals surface area contributed by atoms with Gasteiger partial charge >= 0.3 is 0 Å². The maximum Gasteiger partial charge on any atom is 0.153 e. The first kappa shape index (κ1) is 12.4. The number of aromatic nitrogens is 4. The summed E-state index contributed by atoms with van der Waals surface area (Å²) in [6, 6.07) is 10.7. The zero-order valence-corrected chi connectivity index (χ0v) is 11.9. The van der Waals surface area contributed by atoms with Crippen molar-refractivity contribution in [2.24, 2.45) is 0 Å². The number of nitrogens with zero attached hydrogens (tertiary/aromatic N) is 4. The predicted octanol–water partition coefficient (Wildman–Crippen LogP) is 2.98. The van der Waals surface area contributed by atoms with Crippen LogP contribution < -0.4 is 5.73 Å². The van der Waals surface area contributed by atoms with Crippen LogP contribution in [-0.2, 0) is 6.54 Å². The lowest BCUT2D eigenvalue weighted by atomic mass is 10.2. The van der Waals surface area contributed by atoms with E-state index < -0.39 is 0 Å². The van der Waals surface area contributed by atoms with Crippen LogP contribution in [0.4, 0.5) is 5.82 Å². The van der Waals surface area contributed by atoms with E-state index in [4.69, 9.17) is 10.8 Å². The van der Waals surface area contributed by atoms with E-state index in [0.717, 1.165) is 16.6 Å². The van der Waals surface area contributed by atoms with Crippen molar-refractivity contribution in [2.75, 3.05) is 5.73 Å². The molecule has 2 aromatic heterocycles. The maximum atomic E-state index is 5.98. The third-order valence-electron chi connectivity index (χ3n) is 4.36. The molecule has 5 nitrogen and oxygen atoms in total. The van der Waals surface area contributed by atoms with Crippen LogP contribution in [0, 0.1) is 0 Å². The lowest BCUT2D eigenvalue weighted by Crippen LogP contribution is -2.08. The molecule has 0 amide bonds. The van der Waals surface area contributed by atoms with Gasteiger partial charge in [0.05, 0.1) is 23.8 Å². The summed E-state index contributed by atoms with van der Waals surface area (Å²) in [4.78, 5) is 0. The van der Waals surface area contributed by atoms with Crippen LogP contribution in [0.5, 0.6) is 0 Å². The predicted molar refractivity (Wildman–Crippen MR) is 83.0 cm³/mol. The Bertz CT molecular complexity index is 764. The molecule has 1 aliphatic carbocycles. The Balaban J connectivity index is 1.62. The molecule has 4 rings (SSSR count). The van der Waals surface area contributed by atoms with Crippen LogP contribution in [0.3, 0.4) is 0 Å². The van der Waals surface area contributed by atoms with Gasteiger partial charge in [-0.2, -0.15) is 10.2 Å². The average Bonchev–Trinajstić information content (AvgIpc) is 3.21. The molecule has 0 unspecified atom stereocenters. The van der Waals surface area contributed by atoms with Gasteiger partial charge in [0.1, 0.15) is 0 Å². The van der Waals surface area contributed by atoms with Gasteiger partial charge < -0.3 is 5.73 Å². The van der Waals surface area contributed by atoms with E-state index in [1.165, 1.54) is 25.7 Å². The molecule has 5 heteroatoms. The topological polar surface area (TPSA) is 61.7 Å². The van der Waals surface area contributed by atoms with Crippen molar-refractivity contribution in [1.29, 1.82) is 0 Å². The van der Waals surface area contributed by atoms with Gasteiger partial charge in [0, 0.05) is 11.6 Å². The number of rotatable bonds is 3. The second kappa shape index (κ2) is 4.91. The summed E-state index contributed by atoms with van der Waals surface area (Å²) in [5, 5.41) is 10.2. The molecule has 0 bridgehead atoms. The number of benzene rings is 1. The largest absolute Gasteiger partial charge is 0.382 e. The standard InChI is InChI=1S/C16H19N5/c17-16-14-7-3-4-8-15(14)21(19-16)11-12-9-10-20(18-12)13-5-1-2-6-13/h3-4,7-10,13H,1-2,5-6,11H2,(H2,17,19). The monoisotopic (exact) mass is 281 g/mol. The van der Waals surface area contributed by atoms with E-state index in [2.05, 4.69) is 22.0 Å². The molecule has 108 valence electrons. The van der Waals surface area contributed by atoms with E-state index >= 15 is 0 Å². The fourth-order valence-electron chi connectivity index (χ4n) is 3.26. The molecule has 1 saturated carbocycles. The SMILES string of the molecule is Nc1nn(Cc2ccn(C3CCCC3)n2)c2ccccc12. The summed E-state index contributed by atoms with van der Waals surface area (Å²) in [5.74, 6) is 0.584. The van der Waals surface area contributed by atoms with E-state index in [1.54, 1.807) is 0 Å². The molecule has 1 aromatic carbocycles. The van der Waals surface area contributed by atoms with Crippen molar-refractivity contribution in [1.82, 2.24) is 19.6 Å². The van der Waals surface area contributed by atoms with Crippen molar-refractivity contribution in [3.05, 3.63) is 42.2 Å². The second-order valence-corrected chi connectivity index (χ2v) is 5.79. The molecule has 1 fully saturated rings. The highest BCUT2D eigenvalue weighted by Gasteiger charge is 2.18. The van der Waals surface area contributed by atoms with Crippen molar-refractivity contribution in [2.45, 2.75) is 38.3 Å². The highest BCUT2D eigenvalue weighted by Crippen LogP contribution is 2.29. The summed E-state index contributed by atoms with van der Waals surface area (Å²) < 4.78 is 4.06. The highest BCUT2D eigenvalue weighted by molar-refractivity contribution is 5.89. The molecular formula is C16H19N5. The molecule has 0 spiro atoms. The van der Waals surface area contributed by atoms with Gasteiger partial charge in [0.2, 0.25) is 0 Å². The quantitative estimate of drug-likeness (QED) is 0.802. The van der Waals surface area contributed by atoms with Gasteiger partial charge in [0.15, 0.2) is 5.82 Å². The molecule has 0 radical (unpaired) electrons. The number of hydrogen-bond acceptors (Lipinski definition) is 3. The Kier molecular flexibility index (Phi) is 2.91. The molecule has 1 aliphatic rings. The number of nitrogens with two attached hydrogens (primary N) is 1. The molecule has 21 heavy (non-hydrogen) atoms. The number of nitrogen functional groups attached to an aromatic ring is 1. The summed E-state index contributed by atoms with van der Waals surface area (Å²) in [6.07, 6.45) is 7.23. The molecule has 3 aromatic rings. The Labute approximate surface area is 123 Å². The molecular weight excluding hydrogens is 262 g/mol. The second-order valence-electron chi connectivity index (χ2n) is 5.79. The van der Waals surface area contributed by atoms with Gasteiger partial charge in [0.25, 0.3) is 0 Å². The normalized spacial score (nSPS) is 16.0. The van der Waals surface area contributed by atoms with Crippen LogP contribution in [0.2, 0.25) is 0 Å². The Morgan fingerprint density at radius 2 is 1.90 bits per heavy atom. The van der Waals surface area contributed by atoms with Crippen molar-refractivity contribution < 1.29 is 0 Å². The highest BCUT2D eigenvalue weighted by atomic mass is 15.3. The summed E-state index contributed by atoms with van der Waals surface area (Å²) in [5.41, 5.74) is 8.08. The summed E-state index contributed by atoms with van der Waals surface area (Å²) in [6.45, 7) is 0.664. The van der Waals surface area contributed by atoms with Gasteiger partial charge in [-0.1, -0.05) is 25.0 Å². The number of anilines is 1. The molecule has 0 saturated heterocycles. The first-order valence-electron chi connectivity index (χ1n) is 7.56. The van der Waals surface area contributed by atoms with Gasteiger partial charge in [-0.3, -0.25) is 9.36 Å². The summed E-state index contributed by atoms with van der Waals surface area (Å²) in [7, 11) is 0.